The molecule has 0 aliphatic carbocycles. The third-order valence-electron chi connectivity index (χ3n) is 5.82. The molecule has 8 nitrogen and oxygen atoms in total. The van der Waals surface area contributed by atoms with E-state index < -0.39 is 0 Å². The van der Waals surface area contributed by atoms with E-state index in [9.17, 15) is 4.79 Å². The number of rotatable bonds is 6. The van der Waals surface area contributed by atoms with Crippen LogP contribution in [0.2, 0.25) is 0 Å². The van der Waals surface area contributed by atoms with Gasteiger partial charge in [-0.15, -0.1) is 0 Å². The number of carbonyl (C=O) groups excluding carboxylic acids is 1. The average Bonchev–Trinajstić information content (AvgIpc) is 3.34. The van der Waals surface area contributed by atoms with Gasteiger partial charge in [-0.05, 0) is 17.7 Å². The zero-order valence-corrected chi connectivity index (χ0v) is 19.2. The first-order valence-electron chi connectivity index (χ1n) is 11.2. The fourth-order valence-corrected chi connectivity index (χ4v) is 4.01. The van der Waals surface area contributed by atoms with Crippen molar-refractivity contribution in [1.29, 1.82) is 0 Å². The van der Waals surface area contributed by atoms with Crippen molar-refractivity contribution in [3.8, 4) is 11.3 Å². The summed E-state index contributed by atoms with van der Waals surface area (Å²) in [6, 6.07) is 20.4. The van der Waals surface area contributed by atoms with Crippen molar-refractivity contribution >= 4 is 17.6 Å². The first kappa shape index (κ1) is 22.4. The number of anilines is 1. The fourth-order valence-electron chi connectivity index (χ4n) is 4.01. The number of H-pyrrole nitrogens is 1. The van der Waals surface area contributed by atoms with Crippen LogP contribution in [0.3, 0.4) is 0 Å². The van der Waals surface area contributed by atoms with Crippen LogP contribution in [0.4, 0.5) is 5.69 Å². The summed E-state index contributed by atoms with van der Waals surface area (Å²) in [7, 11) is 3.66. The van der Waals surface area contributed by atoms with Crippen molar-refractivity contribution in [3.05, 3.63) is 72.7 Å². The van der Waals surface area contributed by atoms with Gasteiger partial charge in [-0.3, -0.25) is 9.79 Å². The van der Waals surface area contributed by atoms with Crippen LogP contribution in [0.15, 0.2) is 71.9 Å². The van der Waals surface area contributed by atoms with Crippen molar-refractivity contribution in [2.24, 2.45) is 4.99 Å². The maximum absolute atomic E-state index is 12.8. The van der Waals surface area contributed by atoms with Gasteiger partial charge in [0.1, 0.15) is 5.82 Å². The van der Waals surface area contributed by atoms with Gasteiger partial charge >= 0.3 is 0 Å². The number of guanidine groups is 1. The minimum absolute atomic E-state index is 0.0848. The van der Waals surface area contributed by atoms with Gasteiger partial charge < -0.3 is 25.0 Å². The predicted molar refractivity (Wildman–Crippen MR) is 132 cm³/mol. The molecule has 4 rings (SSSR count). The number of nitrogens with zero attached hydrogens (tertiary/aromatic N) is 5. The van der Waals surface area contributed by atoms with Crippen LogP contribution < -0.4 is 10.2 Å². The van der Waals surface area contributed by atoms with E-state index in [-0.39, 0.29) is 12.5 Å². The first-order valence-corrected chi connectivity index (χ1v) is 11.2. The summed E-state index contributed by atoms with van der Waals surface area (Å²) >= 11 is 0. The van der Waals surface area contributed by atoms with Gasteiger partial charge in [-0.1, -0.05) is 48.5 Å². The molecule has 0 unspecified atom stereocenters. The number of hydrogen-bond acceptors (Lipinski definition) is 4. The number of aliphatic imine (C=N–C) groups is 1. The summed E-state index contributed by atoms with van der Waals surface area (Å²) in [6.07, 6.45) is 1.84. The average molecular weight is 446 g/mol. The third-order valence-corrected chi connectivity index (χ3v) is 5.82. The van der Waals surface area contributed by atoms with Crippen molar-refractivity contribution in [3.63, 3.8) is 0 Å². The van der Waals surface area contributed by atoms with Gasteiger partial charge in [0.25, 0.3) is 0 Å². The molecule has 1 saturated heterocycles. The molecule has 172 valence electrons. The van der Waals surface area contributed by atoms with Gasteiger partial charge in [-0.25, -0.2) is 4.98 Å². The predicted octanol–water partition coefficient (Wildman–Crippen LogP) is 2.43. The highest BCUT2D eigenvalue weighted by Crippen LogP contribution is 2.17. The lowest BCUT2D eigenvalue weighted by atomic mass is 10.2. The molecule has 1 aliphatic heterocycles. The van der Waals surface area contributed by atoms with Crippen LogP contribution in [0.25, 0.3) is 11.3 Å². The minimum atomic E-state index is 0.0848. The van der Waals surface area contributed by atoms with Gasteiger partial charge in [0.2, 0.25) is 5.91 Å². The highest BCUT2D eigenvalue weighted by molar-refractivity contribution is 5.86. The standard InChI is InChI=1S/C25H31N7O/c1-26-25(30(2)19-23-27-17-22(29-23)20-9-5-3-6-10-20)28-18-24(33)32-15-13-31(14-16-32)21-11-7-4-8-12-21/h3-12,17H,13-16,18-19H2,1-2H3,(H,26,28)(H,27,29). The molecule has 0 saturated carbocycles. The number of imidazole rings is 1. The normalized spacial score (nSPS) is 14.3. The lowest BCUT2D eigenvalue weighted by molar-refractivity contribution is -0.130. The van der Waals surface area contributed by atoms with E-state index in [0.29, 0.717) is 12.5 Å². The SMILES string of the molecule is CN=C(NCC(=O)N1CCN(c2ccccc2)CC1)N(C)Cc1ncc(-c2ccccc2)[nH]1. The van der Waals surface area contributed by atoms with E-state index >= 15 is 0 Å². The number of benzene rings is 2. The molecule has 1 amide bonds. The number of hydrogen-bond donors (Lipinski definition) is 2. The Morgan fingerprint density at radius 2 is 1.73 bits per heavy atom. The van der Waals surface area contributed by atoms with Crippen molar-refractivity contribution in [2.75, 3.05) is 51.7 Å². The van der Waals surface area contributed by atoms with E-state index in [1.165, 1.54) is 5.69 Å². The molecular formula is C25H31N7O. The molecule has 3 aromatic rings. The Kier molecular flexibility index (Phi) is 7.24. The summed E-state index contributed by atoms with van der Waals surface area (Å²) in [5.41, 5.74) is 3.28. The van der Waals surface area contributed by atoms with Gasteiger partial charge in [0.05, 0.1) is 25.0 Å². The second-order valence-electron chi connectivity index (χ2n) is 8.07. The number of aromatic amines is 1. The molecule has 2 heterocycles. The number of para-hydroxylation sites is 1. The van der Waals surface area contributed by atoms with Gasteiger partial charge in [-0.2, -0.15) is 0 Å². The molecule has 1 fully saturated rings. The third kappa shape index (κ3) is 5.71. The van der Waals surface area contributed by atoms with Crippen molar-refractivity contribution < 1.29 is 4.79 Å². The van der Waals surface area contributed by atoms with Crippen LogP contribution in [0.1, 0.15) is 5.82 Å². The molecule has 1 aliphatic rings. The maximum atomic E-state index is 12.8. The summed E-state index contributed by atoms with van der Waals surface area (Å²) in [5, 5.41) is 3.20. The van der Waals surface area contributed by atoms with Crippen molar-refractivity contribution in [1.82, 2.24) is 25.1 Å². The van der Waals surface area contributed by atoms with E-state index in [4.69, 9.17) is 0 Å². The summed E-state index contributed by atoms with van der Waals surface area (Å²) in [4.78, 5) is 31.1. The summed E-state index contributed by atoms with van der Waals surface area (Å²) < 4.78 is 0. The zero-order chi connectivity index (χ0) is 23.0. The Bertz CT molecular complexity index is 1060. The highest BCUT2D eigenvalue weighted by atomic mass is 16.2. The Hall–Kier alpha value is -3.81. The lowest BCUT2D eigenvalue weighted by Crippen LogP contribution is -2.52. The first-order chi connectivity index (χ1) is 16.1. The molecule has 0 atom stereocenters. The van der Waals surface area contributed by atoms with E-state index in [1.807, 2.05) is 71.6 Å². The number of amides is 1. The molecular weight excluding hydrogens is 414 g/mol. The summed E-state index contributed by atoms with van der Waals surface area (Å²) in [5.74, 6) is 1.58. The Balaban J connectivity index is 1.25. The van der Waals surface area contributed by atoms with Crippen molar-refractivity contribution in [2.45, 2.75) is 6.54 Å². The molecule has 0 bridgehead atoms. The van der Waals surface area contributed by atoms with E-state index in [2.05, 4.69) is 37.3 Å². The van der Waals surface area contributed by atoms with Crippen LogP contribution in [0.5, 0.6) is 0 Å². The van der Waals surface area contributed by atoms with Crippen LogP contribution in [-0.4, -0.2) is 78.5 Å². The fraction of sp³-hybridized carbons (Fsp3) is 0.320. The van der Waals surface area contributed by atoms with Crippen LogP contribution in [0, 0.1) is 0 Å². The number of aromatic nitrogens is 2. The van der Waals surface area contributed by atoms with E-state index in [0.717, 1.165) is 43.3 Å². The number of piperazine rings is 1. The zero-order valence-electron chi connectivity index (χ0n) is 19.2. The van der Waals surface area contributed by atoms with Gasteiger partial charge in [0.15, 0.2) is 5.96 Å². The second kappa shape index (κ2) is 10.7. The Labute approximate surface area is 195 Å². The molecule has 2 aromatic carbocycles. The molecule has 8 heteroatoms. The molecule has 0 spiro atoms. The smallest absolute Gasteiger partial charge is 0.242 e. The number of nitrogens with one attached hydrogen (secondary N) is 2. The summed E-state index contributed by atoms with van der Waals surface area (Å²) in [6.45, 7) is 3.89. The molecule has 1 aromatic heterocycles. The largest absolute Gasteiger partial charge is 0.368 e. The monoisotopic (exact) mass is 445 g/mol. The Morgan fingerprint density at radius 3 is 2.39 bits per heavy atom. The second-order valence-corrected chi connectivity index (χ2v) is 8.07. The molecule has 2 N–H and O–H groups in total. The van der Waals surface area contributed by atoms with Gasteiger partial charge in [0, 0.05) is 46.0 Å². The Morgan fingerprint density at radius 1 is 1.06 bits per heavy atom. The van der Waals surface area contributed by atoms with Crippen LogP contribution >= 0.6 is 0 Å². The minimum Gasteiger partial charge on any atom is -0.368 e. The number of carbonyl (C=O) groups is 1. The maximum Gasteiger partial charge on any atom is 0.242 e. The topological polar surface area (TPSA) is 79.9 Å². The molecule has 33 heavy (non-hydrogen) atoms. The van der Waals surface area contributed by atoms with E-state index in [1.54, 1.807) is 7.05 Å². The van der Waals surface area contributed by atoms with Crippen LogP contribution in [-0.2, 0) is 11.3 Å². The quantitative estimate of drug-likeness (QED) is 0.450. The highest BCUT2D eigenvalue weighted by Gasteiger charge is 2.21. The lowest BCUT2D eigenvalue weighted by Gasteiger charge is -2.36. The molecule has 0 radical (unpaired) electrons.